The van der Waals surface area contributed by atoms with Gasteiger partial charge in [-0.3, -0.25) is 14.7 Å². The molecule has 1 saturated heterocycles. The first-order valence-electron chi connectivity index (χ1n) is 12.1. The van der Waals surface area contributed by atoms with Crippen LogP contribution in [0.3, 0.4) is 0 Å². The molecule has 9 nitrogen and oxygen atoms in total. The highest BCUT2D eigenvalue weighted by atomic mass is 16.1. The fourth-order valence-corrected chi connectivity index (χ4v) is 7.21. The van der Waals surface area contributed by atoms with E-state index in [9.17, 15) is 10.1 Å². The van der Waals surface area contributed by atoms with Gasteiger partial charge in [0.15, 0.2) is 0 Å². The summed E-state index contributed by atoms with van der Waals surface area (Å²) in [5.74, 6) is 2.95. The Morgan fingerprint density at radius 3 is 2.48 bits per heavy atom. The minimum Gasteiger partial charge on any atom is -0.369 e. The van der Waals surface area contributed by atoms with E-state index in [1.807, 2.05) is 6.19 Å². The van der Waals surface area contributed by atoms with Crippen molar-refractivity contribution in [1.82, 2.24) is 20.2 Å². The van der Waals surface area contributed by atoms with Gasteiger partial charge in [-0.25, -0.2) is 4.98 Å². The molecule has 0 aromatic carbocycles. The first-order chi connectivity index (χ1) is 15.8. The number of carbonyl (C=O) groups excluding carboxylic acids is 1. The highest BCUT2D eigenvalue weighted by Crippen LogP contribution is 2.60. The highest BCUT2D eigenvalue weighted by Gasteiger charge is 2.58. The number of aromatic nitrogens is 2. The number of piperazine rings is 1. The number of anilines is 1. The lowest BCUT2D eigenvalue weighted by molar-refractivity contribution is -0.145. The molecule has 2 unspecified atom stereocenters. The summed E-state index contributed by atoms with van der Waals surface area (Å²) in [4.78, 5) is 29.8. The lowest BCUT2D eigenvalue weighted by Gasteiger charge is -2.59. The fourth-order valence-electron chi connectivity index (χ4n) is 7.21. The number of amides is 1. The SMILES string of the molecule is CC(C)(/C(=N\C#N)NC1C2CC3CC1CC(C(N)=O)(C3)C2)N1CCN(c2cnccn2)CC1. The van der Waals surface area contributed by atoms with E-state index >= 15 is 0 Å². The molecule has 5 fully saturated rings. The second-order valence-electron chi connectivity index (χ2n) is 10.9. The van der Waals surface area contributed by atoms with Gasteiger partial charge in [0, 0.05) is 50.0 Å². The normalized spacial score (nSPS) is 34.2. The molecule has 3 N–H and O–H groups in total. The van der Waals surface area contributed by atoms with Crippen LogP contribution < -0.4 is 16.0 Å². The van der Waals surface area contributed by atoms with Crippen molar-refractivity contribution in [2.75, 3.05) is 31.1 Å². The van der Waals surface area contributed by atoms with E-state index in [0.717, 1.165) is 69.9 Å². The van der Waals surface area contributed by atoms with Gasteiger partial charge in [0.2, 0.25) is 12.1 Å². The Morgan fingerprint density at radius 2 is 1.91 bits per heavy atom. The number of nitrogens with two attached hydrogens (primary N) is 1. The van der Waals surface area contributed by atoms with Gasteiger partial charge in [-0.05, 0) is 63.7 Å². The van der Waals surface area contributed by atoms with E-state index in [0.29, 0.717) is 17.8 Å². The second-order valence-corrected chi connectivity index (χ2v) is 10.9. The molecule has 33 heavy (non-hydrogen) atoms. The second kappa shape index (κ2) is 8.24. The van der Waals surface area contributed by atoms with E-state index in [-0.39, 0.29) is 17.4 Å². The number of primary amides is 1. The van der Waals surface area contributed by atoms with Crippen LogP contribution in [0.5, 0.6) is 0 Å². The van der Waals surface area contributed by atoms with E-state index in [2.05, 4.69) is 43.9 Å². The number of amidine groups is 1. The Hall–Kier alpha value is -2.73. The molecule has 1 amide bonds. The van der Waals surface area contributed by atoms with Crippen LogP contribution in [0.4, 0.5) is 5.82 Å². The minimum absolute atomic E-state index is 0.118. The average molecular weight is 451 g/mol. The largest absolute Gasteiger partial charge is 0.369 e. The number of nitrogens with one attached hydrogen (secondary N) is 1. The minimum atomic E-state index is -0.403. The smallest absolute Gasteiger partial charge is 0.223 e. The van der Waals surface area contributed by atoms with Crippen LogP contribution in [0.1, 0.15) is 46.0 Å². The lowest BCUT2D eigenvalue weighted by Crippen LogP contribution is -2.66. The predicted molar refractivity (Wildman–Crippen MR) is 125 cm³/mol. The number of hydrogen-bond donors (Lipinski definition) is 2. The molecule has 2 heterocycles. The summed E-state index contributed by atoms with van der Waals surface area (Å²) in [6.45, 7) is 7.68. The third-order valence-corrected chi connectivity index (χ3v) is 8.78. The molecule has 1 aliphatic heterocycles. The van der Waals surface area contributed by atoms with Crippen LogP contribution in [0, 0.1) is 34.6 Å². The van der Waals surface area contributed by atoms with Crippen LogP contribution in [0.15, 0.2) is 23.6 Å². The number of aliphatic imine (C=N–C) groups is 1. The maximum Gasteiger partial charge on any atom is 0.223 e. The third-order valence-electron chi connectivity index (χ3n) is 8.78. The van der Waals surface area contributed by atoms with Gasteiger partial charge in [-0.2, -0.15) is 10.3 Å². The molecule has 6 rings (SSSR count). The topological polar surface area (TPSA) is 124 Å². The molecule has 176 valence electrons. The Morgan fingerprint density at radius 1 is 1.21 bits per heavy atom. The third kappa shape index (κ3) is 3.84. The van der Waals surface area contributed by atoms with E-state index in [1.165, 1.54) is 0 Å². The van der Waals surface area contributed by atoms with Gasteiger partial charge in [-0.1, -0.05) is 0 Å². The molecule has 9 heteroatoms. The van der Waals surface area contributed by atoms with Gasteiger partial charge in [0.25, 0.3) is 0 Å². The van der Waals surface area contributed by atoms with E-state index < -0.39 is 5.54 Å². The quantitative estimate of drug-likeness (QED) is 0.396. The fraction of sp³-hybridized carbons (Fsp3) is 0.708. The summed E-state index contributed by atoms with van der Waals surface area (Å²) in [5.41, 5.74) is 5.15. The van der Waals surface area contributed by atoms with Crippen molar-refractivity contribution < 1.29 is 4.79 Å². The first-order valence-corrected chi connectivity index (χ1v) is 12.1. The van der Waals surface area contributed by atoms with Crippen molar-refractivity contribution in [3.05, 3.63) is 18.6 Å². The van der Waals surface area contributed by atoms with Crippen LogP contribution >= 0.6 is 0 Å². The Bertz CT molecular complexity index is 946. The van der Waals surface area contributed by atoms with E-state index in [1.54, 1.807) is 18.6 Å². The molecule has 0 radical (unpaired) electrons. The predicted octanol–water partition coefficient (Wildman–Crippen LogP) is 1.53. The van der Waals surface area contributed by atoms with Crippen molar-refractivity contribution >= 4 is 17.6 Å². The van der Waals surface area contributed by atoms with Crippen molar-refractivity contribution in [2.45, 2.75) is 57.5 Å². The molecule has 0 spiro atoms. The number of nitriles is 1. The zero-order valence-corrected chi connectivity index (χ0v) is 19.6. The molecular weight excluding hydrogens is 416 g/mol. The van der Waals surface area contributed by atoms with Crippen molar-refractivity contribution in [3.63, 3.8) is 0 Å². The first kappa shape index (κ1) is 22.1. The molecule has 2 atom stereocenters. The van der Waals surface area contributed by atoms with Crippen LogP contribution in [0.25, 0.3) is 0 Å². The molecule has 4 bridgehead atoms. The lowest BCUT2D eigenvalue weighted by atomic mass is 9.47. The van der Waals surface area contributed by atoms with Crippen LogP contribution in [0.2, 0.25) is 0 Å². The average Bonchev–Trinajstić information content (AvgIpc) is 2.81. The molecule has 1 aromatic heterocycles. The maximum absolute atomic E-state index is 12.3. The molecule has 4 aliphatic carbocycles. The summed E-state index contributed by atoms with van der Waals surface area (Å²) in [7, 11) is 0. The molecular formula is C24H34N8O. The summed E-state index contributed by atoms with van der Waals surface area (Å²) in [6.07, 6.45) is 12.2. The summed E-state index contributed by atoms with van der Waals surface area (Å²) in [5, 5.41) is 13.2. The van der Waals surface area contributed by atoms with Crippen LogP contribution in [-0.4, -0.2) is 64.4 Å². The summed E-state index contributed by atoms with van der Waals surface area (Å²) >= 11 is 0. The maximum atomic E-state index is 12.3. The number of hydrogen-bond acceptors (Lipinski definition) is 7. The van der Waals surface area contributed by atoms with Crippen molar-refractivity contribution in [2.24, 2.45) is 33.9 Å². The zero-order chi connectivity index (χ0) is 23.2. The number of carbonyl (C=O) groups is 1. The summed E-state index contributed by atoms with van der Waals surface area (Å²) in [6, 6.07) is 0.251. The van der Waals surface area contributed by atoms with Gasteiger partial charge in [-0.15, -0.1) is 0 Å². The van der Waals surface area contributed by atoms with Gasteiger partial charge in [0.05, 0.1) is 11.7 Å². The zero-order valence-electron chi connectivity index (χ0n) is 19.6. The Labute approximate surface area is 195 Å². The van der Waals surface area contributed by atoms with E-state index in [4.69, 9.17) is 5.73 Å². The monoisotopic (exact) mass is 450 g/mol. The Kier molecular flexibility index (Phi) is 5.52. The molecule has 5 aliphatic rings. The highest BCUT2D eigenvalue weighted by molar-refractivity contribution is 5.92. The molecule has 4 saturated carbocycles. The Balaban J connectivity index is 1.29. The van der Waals surface area contributed by atoms with Gasteiger partial charge >= 0.3 is 0 Å². The standard InChI is InChI=1S/C24H34N8O/c1-23(2,32-7-5-31(6-8-32)19-14-27-3-4-28-19)22(29-15-25)30-20-17-9-16-10-18(20)13-24(11-16,12-17)21(26)33/h3-4,14,16-18,20H,5-13H2,1-2H3,(H2,26,33)(H,29,30). The number of rotatable bonds is 5. The van der Waals surface area contributed by atoms with Crippen LogP contribution in [-0.2, 0) is 4.79 Å². The molecule has 1 aromatic rings. The van der Waals surface area contributed by atoms with Crippen molar-refractivity contribution in [1.29, 1.82) is 5.26 Å². The van der Waals surface area contributed by atoms with Crippen molar-refractivity contribution in [3.8, 4) is 6.19 Å². The number of nitrogens with zero attached hydrogens (tertiary/aromatic N) is 6. The summed E-state index contributed by atoms with van der Waals surface area (Å²) < 4.78 is 0. The van der Waals surface area contributed by atoms with Gasteiger partial charge in [0.1, 0.15) is 11.7 Å². The van der Waals surface area contributed by atoms with Gasteiger partial charge < -0.3 is 16.0 Å².